The lowest BCUT2D eigenvalue weighted by Gasteiger charge is -2.12. The Bertz CT molecular complexity index is 809. The molecular formula is C17H20ClN3O2S3. The quantitative estimate of drug-likeness (QED) is 0.337. The zero-order chi connectivity index (χ0) is 17.6. The number of unbranched alkanes of at least 4 members (excludes halogenated alkanes) is 1. The van der Waals surface area contributed by atoms with E-state index in [9.17, 15) is 9.59 Å². The van der Waals surface area contributed by atoms with Crippen molar-refractivity contribution >= 4 is 64.5 Å². The number of hydrogen-bond donors (Lipinski definition) is 0. The average molecular weight is 430 g/mol. The van der Waals surface area contributed by atoms with Gasteiger partial charge in [0.1, 0.15) is 5.65 Å². The van der Waals surface area contributed by atoms with Gasteiger partial charge in [-0.15, -0.1) is 35.9 Å². The van der Waals surface area contributed by atoms with E-state index in [1.165, 1.54) is 4.90 Å². The molecule has 1 fully saturated rings. The fourth-order valence-electron chi connectivity index (χ4n) is 2.42. The van der Waals surface area contributed by atoms with Crippen LogP contribution in [-0.2, 0) is 4.79 Å². The summed E-state index contributed by atoms with van der Waals surface area (Å²) in [5.74, 6) is 1.69. The van der Waals surface area contributed by atoms with Crippen molar-refractivity contribution in [3.63, 3.8) is 0 Å². The SMILES string of the molecule is CCSC=C1SC(=O)N(CCCCSc2cccc3nccn23)C1=O.Cl. The fraction of sp³-hybridized carbons (Fsp3) is 0.353. The van der Waals surface area contributed by atoms with Gasteiger partial charge in [-0.25, -0.2) is 4.98 Å². The van der Waals surface area contributed by atoms with Crippen molar-refractivity contribution in [1.29, 1.82) is 0 Å². The highest BCUT2D eigenvalue weighted by molar-refractivity contribution is 8.19. The molecule has 0 saturated carbocycles. The Hall–Kier alpha value is -1.09. The van der Waals surface area contributed by atoms with Crippen LogP contribution < -0.4 is 0 Å². The van der Waals surface area contributed by atoms with Crippen molar-refractivity contribution in [2.45, 2.75) is 24.8 Å². The largest absolute Gasteiger partial charge is 0.294 e. The maximum absolute atomic E-state index is 12.2. The number of nitrogens with zero attached hydrogens (tertiary/aromatic N) is 3. The fourth-order valence-corrected chi connectivity index (χ4v) is 4.93. The molecule has 0 spiro atoms. The Labute approximate surface area is 171 Å². The molecule has 5 nitrogen and oxygen atoms in total. The van der Waals surface area contributed by atoms with Crippen molar-refractivity contribution in [1.82, 2.24) is 14.3 Å². The van der Waals surface area contributed by atoms with Crippen LogP contribution in [0.1, 0.15) is 19.8 Å². The van der Waals surface area contributed by atoms with Crippen LogP contribution >= 0.6 is 47.7 Å². The summed E-state index contributed by atoms with van der Waals surface area (Å²) in [5, 5.41) is 2.80. The van der Waals surface area contributed by atoms with Gasteiger partial charge in [-0.3, -0.25) is 18.9 Å². The molecule has 1 aliphatic heterocycles. The number of thioether (sulfide) groups is 3. The Morgan fingerprint density at radius 1 is 1.27 bits per heavy atom. The first-order chi connectivity index (χ1) is 12.2. The maximum Gasteiger partial charge on any atom is 0.293 e. The van der Waals surface area contributed by atoms with E-state index < -0.39 is 0 Å². The van der Waals surface area contributed by atoms with Gasteiger partial charge in [-0.1, -0.05) is 13.0 Å². The average Bonchev–Trinajstić information content (AvgIpc) is 3.19. The number of carbonyl (C=O) groups excluding carboxylic acids is 2. The lowest BCUT2D eigenvalue weighted by Crippen LogP contribution is -2.29. The van der Waals surface area contributed by atoms with E-state index >= 15 is 0 Å². The molecule has 2 aromatic rings. The summed E-state index contributed by atoms with van der Waals surface area (Å²) in [7, 11) is 0. The third-order valence-corrected chi connectivity index (χ3v) is 6.56. The third-order valence-electron chi connectivity index (χ3n) is 3.65. The lowest BCUT2D eigenvalue weighted by molar-refractivity contribution is -0.122. The second kappa shape index (κ2) is 10.3. The monoisotopic (exact) mass is 429 g/mol. The maximum atomic E-state index is 12.2. The number of imide groups is 1. The van der Waals surface area contributed by atoms with Gasteiger partial charge in [0, 0.05) is 18.9 Å². The number of carbonyl (C=O) groups is 2. The van der Waals surface area contributed by atoms with Crippen LogP contribution in [0.3, 0.4) is 0 Å². The van der Waals surface area contributed by atoms with Gasteiger partial charge in [0.05, 0.1) is 9.93 Å². The summed E-state index contributed by atoms with van der Waals surface area (Å²) < 4.78 is 2.07. The predicted molar refractivity (Wildman–Crippen MR) is 113 cm³/mol. The number of rotatable bonds is 8. The summed E-state index contributed by atoms with van der Waals surface area (Å²) in [6.07, 6.45) is 5.52. The van der Waals surface area contributed by atoms with Crippen molar-refractivity contribution in [2.24, 2.45) is 0 Å². The Morgan fingerprint density at radius 2 is 2.12 bits per heavy atom. The standard InChI is InChI=1S/C17H19N3O2S3.ClH/c1-2-23-12-13-16(21)20(17(22)25-13)9-3-4-11-24-15-7-5-6-14-18-8-10-19(14)15;/h5-8,10,12H,2-4,9,11H2,1H3;1H. The minimum atomic E-state index is -0.149. The molecule has 2 amide bonds. The molecule has 140 valence electrons. The summed E-state index contributed by atoms with van der Waals surface area (Å²) in [6, 6.07) is 6.06. The number of imidazole rings is 1. The topological polar surface area (TPSA) is 54.7 Å². The zero-order valence-corrected chi connectivity index (χ0v) is 17.6. The highest BCUT2D eigenvalue weighted by Crippen LogP contribution is 2.32. The molecule has 26 heavy (non-hydrogen) atoms. The predicted octanol–water partition coefficient (Wildman–Crippen LogP) is 4.92. The van der Waals surface area contributed by atoms with Gasteiger partial charge in [0.2, 0.25) is 0 Å². The number of fused-ring (bicyclic) bond motifs is 1. The van der Waals surface area contributed by atoms with E-state index in [2.05, 4.69) is 15.5 Å². The van der Waals surface area contributed by atoms with Crippen molar-refractivity contribution in [3.8, 4) is 0 Å². The van der Waals surface area contributed by atoms with Crippen LogP contribution in [0.4, 0.5) is 4.79 Å². The van der Waals surface area contributed by atoms with Crippen molar-refractivity contribution < 1.29 is 9.59 Å². The number of pyridine rings is 1. The molecule has 3 rings (SSSR count). The molecule has 0 aromatic carbocycles. The van der Waals surface area contributed by atoms with Crippen LogP contribution in [0.25, 0.3) is 5.65 Å². The number of halogens is 1. The van der Waals surface area contributed by atoms with Gasteiger partial charge >= 0.3 is 0 Å². The summed E-state index contributed by atoms with van der Waals surface area (Å²) in [5.41, 5.74) is 0.944. The highest BCUT2D eigenvalue weighted by atomic mass is 35.5. The first-order valence-corrected chi connectivity index (χ1v) is 11.0. The number of amides is 2. The van der Waals surface area contributed by atoms with Crippen LogP contribution in [0.2, 0.25) is 0 Å². The molecule has 0 aliphatic carbocycles. The molecule has 0 unspecified atom stereocenters. The van der Waals surface area contributed by atoms with E-state index in [0.29, 0.717) is 11.4 Å². The Balaban J connectivity index is 0.00000243. The molecule has 0 N–H and O–H groups in total. The number of aromatic nitrogens is 2. The van der Waals surface area contributed by atoms with Gasteiger partial charge in [-0.2, -0.15) is 0 Å². The first-order valence-electron chi connectivity index (χ1n) is 8.11. The molecule has 1 saturated heterocycles. The second-order valence-electron chi connectivity index (χ2n) is 5.34. The Kier molecular flexibility index (Phi) is 8.40. The molecule has 0 bridgehead atoms. The van der Waals surface area contributed by atoms with Crippen LogP contribution in [0.15, 0.2) is 45.9 Å². The van der Waals surface area contributed by atoms with Gasteiger partial charge < -0.3 is 0 Å². The summed E-state index contributed by atoms with van der Waals surface area (Å²) in [4.78, 5) is 30.4. The molecular weight excluding hydrogens is 410 g/mol. The van der Waals surface area contributed by atoms with Crippen molar-refractivity contribution in [3.05, 3.63) is 40.9 Å². The summed E-state index contributed by atoms with van der Waals surface area (Å²) >= 11 is 4.36. The normalized spacial score (nSPS) is 15.9. The minimum Gasteiger partial charge on any atom is -0.294 e. The van der Waals surface area contributed by atoms with Crippen LogP contribution in [0.5, 0.6) is 0 Å². The van der Waals surface area contributed by atoms with Crippen LogP contribution in [-0.4, -0.2) is 43.5 Å². The first kappa shape index (κ1) is 21.2. The van der Waals surface area contributed by atoms with E-state index in [1.54, 1.807) is 35.1 Å². The molecule has 9 heteroatoms. The van der Waals surface area contributed by atoms with Gasteiger partial charge in [0.25, 0.3) is 11.1 Å². The highest BCUT2D eigenvalue weighted by Gasteiger charge is 2.34. The third kappa shape index (κ3) is 5.00. The van der Waals surface area contributed by atoms with Gasteiger partial charge in [-0.05, 0) is 53.7 Å². The van der Waals surface area contributed by atoms with Crippen LogP contribution in [0, 0.1) is 0 Å². The van der Waals surface area contributed by atoms with E-state index in [4.69, 9.17) is 0 Å². The molecule has 2 aromatic heterocycles. The molecule has 1 aliphatic rings. The van der Waals surface area contributed by atoms with Crippen molar-refractivity contribution in [2.75, 3.05) is 18.1 Å². The zero-order valence-electron chi connectivity index (χ0n) is 14.3. The second-order valence-corrected chi connectivity index (χ2v) is 8.59. The van der Waals surface area contributed by atoms with Gasteiger partial charge in [0.15, 0.2) is 0 Å². The summed E-state index contributed by atoms with van der Waals surface area (Å²) in [6.45, 7) is 2.52. The van der Waals surface area contributed by atoms with E-state index in [0.717, 1.165) is 46.8 Å². The molecule has 3 heterocycles. The smallest absolute Gasteiger partial charge is 0.293 e. The minimum absolute atomic E-state index is 0. The molecule has 0 radical (unpaired) electrons. The number of hydrogen-bond acceptors (Lipinski definition) is 6. The molecule has 0 atom stereocenters. The Morgan fingerprint density at radius 3 is 2.92 bits per heavy atom. The van der Waals surface area contributed by atoms with E-state index in [-0.39, 0.29) is 23.6 Å². The lowest BCUT2D eigenvalue weighted by atomic mass is 10.3. The van der Waals surface area contributed by atoms with E-state index in [1.807, 2.05) is 25.3 Å².